The summed E-state index contributed by atoms with van der Waals surface area (Å²) in [5, 5.41) is 3.20. The first-order chi connectivity index (χ1) is 6.49. The monoisotopic (exact) mass is 223 g/mol. The zero-order valence-corrected chi connectivity index (χ0v) is 10.1. The van der Waals surface area contributed by atoms with Crippen molar-refractivity contribution in [1.82, 2.24) is 5.32 Å². The maximum absolute atomic E-state index is 11.1. The highest BCUT2D eigenvalue weighted by atomic mass is 32.2. The molecule has 0 aliphatic heterocycles. The molecule has 1 atom stereocenters. The molecule has 0 aliphatic rings. The van der Waals surface area contributed by atoms with Crippen molar-refractivity contribution in [2.45, 2.75) is 25.8 Å². The maximum atomic E-state index is 11.1. The molecule has 0 fully saturated rings. The predicted octanol–water partition coefficient (Wildman–Crippen LogP) is 0.436. The Morgan fingerprint density at radius 2 is 2.07 bits per heavy atom. The van der Waals surface area contributed by atoms with E-state index < -0.39 is 9.84 Å². The van der Waals surface area contributed by atoms with Crippen LogP contribution in [0.4, 0.5) is 0 Å². The van der Waals surface area contributed by atoms with Gasteiger partial charge in [0.2, 0.25) is 0 Å². The first-order valence-electron chi connectivity index (χ1n) is 4.89. The first kappa shape index (κ1) is 13.9. The van der Waals surface area contributed by atoms with Crippen LogP contribution in [0.5, 0.6) is 0 Å². The number of hydrogen-bond acceptors (Lipinski definition) is 4. The van der Waals surface area contributed by atoms with Gasteiger partial charge in [0.1, 0.15) is 9.84 Å². The molecule has 0 spiro atoms. The lowest BCUT2D eigenvalue weighted by Gasteiger charge is -2.16. The van der Waals surface area contributed by atoms with Gasteiger partial charge in [0.15, 0.2) is 0 Å². The molecule has 0 bridgehead atoms. The fourth-order valence-electron chi connectivity index (χ4n) is 1.22. The van der Waals surface area contributed by atoms with Crippen LogP contribution in [-0.2, 0) is 14.6 Å². The van der Waals surface area contributed by atoms with Gasteiger partial charge in [-0.05, 0) is 19.4 Å². The lowest BCUT2D eigenvalue weighted by atomic mass is 10.2. The van der Waals surface area contributed by atoms with E-state index >= 15 is 0 Å². The van der Waals surface area contributed by atoms with Gasteiger partial charge in [-0.1, -0.05) is 6.92 Å². The van der Waals surface area contributed by atoms with Crippen LogP contribution in [0.15, 0.2) is 0 Å². The Morgan fingerprint density at radius 1 is 1.43 bits per heavy atom. The Morgan fingerprint density at radius 3 is 2.50 bits per heavy atom. The van der Waals surface area contributed by atoms with Crippen molar-refractivity contribution < 1.29 is 13.2 Å². The van der Waals surface area contributed by atoms with Crippen LogP contribution in [0.1, 0.15) is 19.8 Å². The molecule has 0 amide bonds. The van der Waals surface area contributed by atoms with Crippen molar-refractivity contribution in [1.29, 1.82) is 0 Å². The van der Waals surface area contributed by atoms with Gasteiger partial charge in [0, 0.05) is 26.0 Å². The van der Waals surface area contributed by atoms with Gasteiger partial charge in [0.05, 0.1) is 5.75 Å². The van der Waals surface area contributed by atoms with Crippen molar-refractivity contribution in [2.24, 2.45) is 0 Å². The van der Waals surface area contributed by atoms with E-state index in [1.54, 1.807) is 7.11 Å². The molecule has 5 heteroatoms. The number of nitrogens with one attached hydrogen (secondary N) is 1. The zero-order valence-electron chi connectivity index (χ0n) is 9.25. The fraction of sp³-hybridized carbons (Fsp3) is 1.00. The topological polar surface area (TPSA) is 55.4 Å². The number of rotatable bonds is 8. The normalized spacial score (nSPS) is 14.2. The minimum atomic E-state index is -2.90. The van der Waals surface area contributed by atoms with Crippen molar-refractivity contribution in [3.63, 3.8) is 0 Å². The second-order valence-electron chi connectivity index (χ2n) is 3.52. The van der Waals surface area contributed by atoms with Crippen molar-refractivity contribution in [3.05, 3.63) is 0 Å². The molecule has 0 aromatic carbocycles. The van der Waals surface area contributed by atoms with Crippen molar-refractivity contribution in [3.8, 4) is 0 Å². The standard InChI is InChI=1S/C9H21NO3S/c1-4-6-10-9(5-7-13-2)8-14(3,11)12/h9-10H,4-8H2,1-3H3. The van der Waals surface area contributed by atoms with E-state index in [1.165, 1.54) is 6.26 Å². The Balaban J connectivity index is 3.96. The van der Waals surface area contributed by atoms with Crippen LogP contribution >= 0.6 is 0 Å². The average Bonchev–Trinajstić information content (AvgIpc) is 2.07. The van der Waals surface area contributed by atoms with E-state index in [2.05, 4.69) is 12.2 Å². The molecule has 0 heterocycles. The van der Waals surface area contributed by atoms with Gasteiger partial charge in [-0.15, -0.1) is 0 Å². The average molecular weight is 223 g/mol. The molecule has 0 saturated carbocycles. The van der Waals surface area contributed by atoms with Crippen LogP contribution in [0.3, 0.4) is 0 Å². The van der Waals surface area contributed by atoms with Gasteiger partial charge in [-0.2, -0.15) is 0 Å². The summed E-state index contributed by atoms with van der Waals surface area (Å²) >= 11 is 0. The highest BCUT2D eigenvalue weighted by Gasteiger charge is 2.13. The smallest absolute Gasteiger partial charge is 0.148 e. The number of sulfone groups is 1. The molecule has 0 radical (unpaired) electrons. The Kier molecular flexibility index (Phi) is 7.13. The molecular weight excluding hydrogens is 202 g/mol. The molecule has 0 aromatic heterocycles. The van der Waals surface area contributed by atoms with Crippen LogP contribution in [0.2, 0.25) is 0 Å². The van der Waals surface area contributed by atoms with Gasteiger partial charge in [-0.3, -0.25) is 0 Å². The Bertz CT molecular complexity index is 218. The summed E-state index contributed by atoms with van der Waals surface area (Å²) in [4.78, 5) is 0. The second-order valence-corrected chi connectivity index (χ2v) is 5.71. The predicted molar refractivity (Wildman–Crippen MR) is 58.3 cm³/mol. The van der Waals surface area contributed by atoms with Gasteiger partial charge in [-0.25, -0.2) is 8.42 Å². The van der Waals surface area contributed by atoms with Gasteiger partial charge >= 0.3 is 0 Å². The molecule has 4 nitrogen and oxygen atoms in total. The Labute approximate surface area is 86.9 Å². The number of ether oxygens (including phenoxy) is 1. The number of methoxy groups -OCH3 is 1. The van der Waals surface area contributed by atoms with E-state index in [-0.39, 0.29) is 11.8 Å². The van der Waals surface area contributed by atoms with Crippen LogP contribution in [0.25, 0.3) is 0 Å². The zero-order chi connectivity index (χ0) is 11.0. The summed E-state index contributed by atoms with van der Waals surface area (Å²) in [6.07, 6.45) is 3.01. The molecule has 0 rings (SSSR count). The molecule has 1 N–H and O–H groups in total. The SMILES string of the molecule is CCCNC(CCOC)CS(C)(=O)=O. The molecule has 86 valence electrons. The first-order valence-corrected chi connectivity index (χ1v) is 6.95. The van der Waals surface area contributed by atoms with Crippen LogP contribution < -0.4 is 5.32 Å². The van der Waals surface area contributed by atoms with Gasteiger partial charge < -0.3 is 10.1 Å². The largest absolute Gasteiger partial charge is 0.385 e. The van der Waals surface area contributed by atoms with E-state index in [0.29, 0.717) is 6.61 Å². The minimum Gasteiger partial charge on any atom is -0.385 e. The highest BCUT2D eigenvalue weighted by Crippen LogP contribution is 1.97. The maximum Gasteiger partial charge on any atom is 0.148 e. The molecule has 0 aromatic rings. The lowest BCUT2D eigenvalue weighted by molar-refractivity contribution is 0.185. The summed E-state index contributed by atoms with van der Waals surface area (Å²) in [6, 6.07) is 0.0184. The second kappa shape index (κ2) is 7.20. The molecule has 14 heavy (non-hydrogen) atoms. The fourth-order valence-corrected chi connectivity index (χ4v) is 2.23. The summed E-state index contributed by atoms with van der Waals surface area (Å²) in [7, 11) is -1.28. The third-order valence-corrected chi connectivity index (χ3v) is 2.87. The summed E-state index contributed by atoms with van der Waals surface area (Å²) < 4.78 is 27.1. The molecule has 0 saturated heterocycles. The lowest BCUT2D eigenvalue weighted by Crippen LogP contribution is -2.36. The van der Waals surface area contributed by atoms with E-state index in [4.69, 9.17) is 4.74 Å². The quantitative estimate of drug-likeness (QED) is 0.648. The third-order valence-electron chi connectivity index (χ3n) is 1.86. The van der Waals surface area contributed by atoms with Crippen molar-refractivity contribution >= 4 is 9.84 Å². The summed E-state index contributed by atoms with van der Waals surface area (Å²) in [5.74, 6) is 0.191. The van der Waals surface area contributed by atoms with Crippen molar-refractivity contribution in [2.75, 3.05) is 32.3 Å². The van der Waals surface area contributed by atoms with E-state index in [9.17, 15) is 8.42 Å². The van der Waals surface area contributed by atoms with Crippen LogP contribution in [0, 0.1) is 0 Å². The summed E-state index contributed by atoms with van der Waals surface area (Å²) in [5.41, 5.74) is 0. The van der Waals surface area contributed by atoms with E-state index in [0.717, 1.165) is 19.4 Å². The minimum absolute atomic E-state index is 0.0184. The van der Waals surface area contributed by atoms with Crippen LogP contribution in [-0.4, -0.2) is 46.7 Å². The van der Waals surface area contributed by atoms with Gasteiger partial charge in [0.25, 0.3) is 0 Å². The molecular formula is C9H21NO3S. The summed E-state index contributed by atoms with van der Waals surface area (Å²) in [6.45, 7) is 3.50. The Hall–Kier alpha value is -0.130. The third kappa shape index (κ3) is 8.47. The number of hydrogen-bond donors (Lipinski definition) is 1. The van der Waals surface area contributed by atoms with E-state index in [1.807, 2.05) is 0 Å². The highest BCUT2D eigenvalue weighted by molar-refractivity contribution is 7.90. The molecule has 1 unspecified atom stereocenters. The molecule has 0 aliphatic carbocycles.